The Labute approximate surface area is 166 Å². The number of hydrogen-bond donors (Lipinski definition) is 2. The third kappa shape index (κ3) is 3.76. The molecule has 1 atom stereocenters. The summed E-state index contributed by atoms with van der Waals surface area (Å²) in [6, 6.07) is 2.50. The highest BCUT2D eigenvalue weighted by Crippen LogP contribution is 2.71. The molecule has 156 valence electrons. The summed E-state index contributed by atoms with van der Waals surface area (Å²) in [6.07, 6.45) is 4.46. The van der Waals surface area contributed by atoms with Crippen LogP contribution in [0.3, 0.4) is 0 Å². The maximum absolute atomic E-state index is 14.0. The number of anilines is 1. The van der Waals surface area contributed by atoms with Crippen molar-refractivity contribution in [1.29, 1.82) is 0 Å². The quantitative estimate of drug-likeness (QED) is 0.736. The van der Waals surface area contributed by atoms with E-state index < -0.39 is 32.6 Å². The summed E-state index contributed by atoms with van der Waals surface area (Å²) in [5, 5.41) is 11.2. The number of aromatic nitrogens is 3. The molecule has 1 unspecified atom stereocenters. The van der Waals surface area contributed by atoms with Crippen molar-refractivity contribution in [3.63, 3.8) is 0 Å². The second-order valence-corrected chi connectivity index (χ2v) is 9.55. The zero-order chi connectivity index (χ0) is 21.2. The molecular formula is C18H21F2N5O3S. The third-order valence-electron chi connectivity index (χ3n) is 5.75. The summed E-state index contributed by atoms with van der Waals surface area (Å²) in [4.78, 5) is 16.6. The largest absolute Gasteiger partial charge is 0.321 e. The summed E-state index contributed by atoms with van der Waals surface area (Å²) < 4.78 is 52.3. The first-order valence-corrected chi connectivity index (χ1v) is 10.7. The van der Waals surface area contributed by atoms with E-state index in [1.165, 1.54) is 23.9 Å². The van der Waals surface area contributed by atoms with Gasteiger partial charge in [-0.05, 0) is 43.6 Å². The maximum atomic E-state index is 14.0. The van der Waals surface area contributed by atoms with Gasteiger partial charge in [-0.25, -0.2) is 18.5 Å². The van der Waals surface area contributed by atoms with Gasteiger partial charge in [0.2, 0.25) is 0 Å². The van der Waals surface area contributed by atoms with Crippen molar-refractivity contribution < 1.29 is 22.0 Å². The lowest BCUT2D eigenvalue weighted by Gasteiger charge is -2.10. The molecule has 0 saturated heterocycles. The minimum Gasteiger partial charge on any atom is -0.321 e. The third-order valence-corrected chi connectivity index (χ3v) is 6.55. The van der Waals surface area contributed by atoms with Gasteiger partial charge in [0.15, 0.2) is 5.03 Å². The summed E-state index contributed by atoms with van der Waals surface area (Å²) in [7, 11) is -4.05. The zero-order valence-corrected chi connectivity index (χ0v) is 16.8. The van der Waals surface area contributed by atoms with Crippen molar-refractivity contribution in [2.75, 3.05) is 5.32 Å². The number of primary sulfonamides is 1. The molecule has 3 N–H and O–H groups in total. The predicted octanol–water partition coefficient (Wildman–Crippen LogP) is 2.40. The molecule has 2 aliphatic rings. The van der Waals surface area contributed by atoms with Gasteiger partial charge in [-0.15, -0.1) is 0 Å². The van der Waals surface area contributed by atoms with Gasteiger partial charge in [0, 0.05) is 37.0 Å². The normalized spacial score (nSPS) is 20.0. The van der Waals surface area contributed by atoms with Gasteiger partial charge in [-0.3, -0.25) is 9.48 Å². The molecular weight excluding hydrogens is 404 g/mol. The van der Waals surface area contributed by atoms with Crippen molar-refractivity contribution >= 4 is 21.6 Å². The standard InChI is InChI=1S/C18H21F2N5O3S/c1-10-14(16(26)23-12-3-6-22-13(7-12)29(21,27)28)25(24-15(10)17(2,19)20)9-11-8-18(11)4-5-18/h3,6-7,11H,4-5,8-9H2,1-2H3,(H2,21,27,28)(H,22,23,26). The zero-order valence-electron chi connectivity index (χ0n) is 15.9. The average molecular weight is 425 g/mol. The molecule has 0 radical (unpaired) electrons. The van der Waals surface area contributed by atoms with E-state index in [2.05, 4.69) is 15.4 Å². The topological polar surface area (TPSA) is 120 Å². The average Bonchev–Trinajstić information content (AvgIpc) is 3.48. The summed E-state index contributed by atoms with van der Waals surface area (Å²) in [5.41, 5.74) is 0.154. The molecule has 8 nitrogen and oxygen atoms in total. The molecule has 0 bridgehead atoms. The SMILES string of the molecule is Cc1c(C(C)(F)F)nn(CC2CC23CC3)c1C(=O)Nc1ccnc(S(N)(=O)=O)c1. The molecule has 2 aromatic rings. The van der Waals surface area contributed by atoms with E-state index in [1.807, 2.05) is 0 Å². The van der Waals surface area contributed by atoms with E-state index in [4.69, 9.17) is 5.14 Å². The van der Waals surface area contributed by atoms with Crippen LogP contribution in [0.1, 0.15) is 47.9 Å². The second-order valence-electron chi connectivity index (χ2n) is 8.04. The lowest BCUT2D eigenvalue weighted by Crippen LogP contribution is -2.20. The van der Waals surface area contributed by atoms with Gasteiger partial charge >= 0.3 is 0 Å². The minimum atomic E-state index is -4.05. The molecule has 2 aliphatic carbocycles. The summed E-state index contributed by atoms with van der Waals surface area (Å²) in [5.74, 6) is -3.51. The molecule has 1 spiro atoms. The molecule has 2 fully saturated rings. The minimum absolute atomic E-state index is 0.0400. The molecule has 0 aliphatic heterocycles. The molecule has 29 heavy (non-hydrogen) atoms. The number of amides is 1. The number of carbonyl (C=O) groups is 1. The molecule has 2 aromatic heterocycles. The van der Waals surface area contributed by atoms with Crippen LogP contribution in [0.5, 0.6) is 0 Å². The first-order valence-electron chi connectivity index (χ1n) is 9.17. The van der Waals surface area contributed by atoms with Crippen LogP contribution in [0.25, 0.3) is 0 Å². The smallest absolute Gasteiger partial charge is 0.289 e. The van der Waals surface area contributed by atoms with Crippen LogP contribution in [0.15, 0.2) is 23.4 Å². The molecule has 2 heterocycles. The fourth-order valence-electron chi connectivity index (χ4n) is 3.89. The van der Waals surface area contributed by atoms with Gasteiger partial charge < -0.3 is 5.32 Å². The Morgan fingerprint density at radius 3 is 2.69 bits per heavy atom. The van der Waals surface area contributed by atoms with Gasteiger partial charge in [-0.2, -0.15) is 13.9 Å². The molecule has 2 saturated carbocycles. The number of nitrogens with two attached hydrogens (primary N) is 1. The Bertz CT molecular complexity index is 1100. The van der Waals surface area contributed by atoms with Gasteiger partial charge in [0.05, 0.1) is 0 Å². The lowest BCUT2D eigenvalue weighted by atomic mass is 10.1. The van der Waals surface area contributed by atoms with E-state index in [9.17, 15) is 22.0 Å². The van der Waals surface area contributed by atoms with Crippen LogP contribution in [-0.2, 0) is 22.5 Å². The second kappa shape index (κ2) is 6.30. The first kappa shape index (κ1) is 19.9. The summed E-state index contributed by atoms with van der Waals surface area (Å²) >= 11 is 0. The molecule has 1 amide bonds. The lowest BCUT2D eigenvalue weighted by molar-refractivity contribution is 0.0114. The van der Waals surface area contributed by atoms with Crippen molar-refractivity contribution in [2.45, 2.75) is 50.6 Å². The number of sulfonamides is 1. The monoisotopic (exact) mass is 425 g/mol. The Hall–Kier alpha value is -2.40. The first-order chi connectivity index (χ1) is 13.4. The summed E-state index contributed by atoms with van der Waals surface area (Å²) in [6.45, 7) is 2.58. The fourth-order valence-corrected chi connectivity index (χ4v) is 4.39. The Balaban J connectivity index is 1.65. The van der Waals surface area contributed by atoms with E-state index in [0.29, 0.717) is 17.9 Å². The fraction of sp³-hybridized carbons (Fsp3) is 0.500. The van der Waals surface area contributed by atoms with Crippen LogP contribution >= 0.6 is 0 Å². The highest BCUT2D eigenvalue weighted by Gasteiger charge is 2.62. The van der Waals surface area contributed by atoms with Crippen LogP contribution in [0, 0.1) is 18.3 Å². The molecule has 4 rings (SSSR count). The van der Waals surface area contributed by atoms with Crippen molar-refractivity contribution in [2.24, 2.45) is 16.5 Å². The Morgan fingerprint density at radius 1 is 1.45 bits per heavy atom. The highest BCUT2D eigenvalue weighted by atomic mass is 32.2. The van der Waals surface area contributed by atoms with Crippen LogP contribution in [0.4, 0.5) is 14.5 Å². The Kier molecular flexibility index (Phi) is 4.32. The van der Waals surface area contributed by atoms with Crippen LogP contribution in [-0.4, -0.2) is 29.1 Å². The number of nitrogens with zero attached hydrogens (tertiary/aromatic N) is 3. The molecule has 0 aromatic carbocycles. The number of carbonyl (C=O) groups excluding carboxylic acids is 1. The van der Waals surface area contributed by atoms with Gasteiger partial charge in [0.1, 0.15) is 11.4 Å². The van der Waals surface area contributed by atoms with Crippen molar-refractivity contribution in [3.8, 4) is 0 Å². The molecule has 11 heteroatoms. The number of halogens is 2. The highest BCUT2D eigenvalue weighted by molar-refractivity contribution is 7.89. The van der Waals surface area contributed by atoms with Crippen LogP contribution < -0.4 is 10.5 Å². The van der Waals surface area contributed by atoms with Gasteiger partial charge in [0.25, 0.3) is 21.9 Å². The van der Waals surface area contributed by atoms with Gasteiger partial charge in [-0.1, -0.05) is 0 Å². The van der Waals surface area contributed by atoms with E-state index in [1.54, 1.807) is 0 Å². The van der Waals surface area contributed by atoms with Crippen LogP contribution in [0.2, 0.25) is 0 Å². The van der Waals surface area contributed by atoms with E-state index in [-0.39, 0.29) is 16.9 Å². The number of pyridine rings is 1. The van der Waals surface area contributed by atoms with Crippen molar-refractivity contribution in [1.82, 2.24) is 14.8 Å². The number of rotatable bonds is 6. The number of alkyl halides is 2. The number of nitrogens with one attached hydrogen (secondary N) is 1. The van der Waals surface area contributed by atoms with Crippen molar-refractivity contribution in [3.05, 3.63) is 35.3 Å². The number of hydrogen-bond acceptors (Lipinski definition) is 5. The van der Waals surface area contributed by atoms with E-state index in [0.717, 1.165) is 32.3 Å². The Morgan fingerprint density at radius 2 is 2.14 bits per heavy atom. The van der Waals surface area contributed by atoms with E-state index >= 15 is 0 Å². The maximum Gasteiger partial charge on any atom is 0.289 e. The predicted molar refractivity (Wildman–Crippen MR) is 99.9 cm³/mol.